The molecule has 0 atom stereocenters. The van der Waals surface area contributed by atoms with Gasteiger partial charge in [-0.15, -0.1) is 0 Å². The molecule has 0 aliphatic rings. The number of sulfonamides is 1. The summed E-state index contributed by atoms with van der Waals surface area (Å²) in [7, 11) is -3.54. The minimum absolute atomic E-state index is 0.352. The van der Waals surface area contributed by atoms with E-state index in [1.165, 1.54) is 0 Å². The van der Waals surface area contributed by atoms with Crippen LogP contribution in [-0.4, -0.2) is 24.5 Å². The fourth-order valence-corrected chi connectivity index (χ4v) is 4.89. The van der Waals surface area contributed by atoms with Gasteiger partial charge in [-0.1, -0.05) is 19.9 Å². The molecule has 0 bridgehead atoms. The first-order chi connectivity index (χ1) is 13.2. The standard InChI is InChI=1S/C22H29N3O2S/c1-15(2)13-25-14-19(20-7-6-9-23-22(20)25)8-10-24-28(26,27)21-12-17(4)16(3)11-18(21)5/h6-7,9,11-12,14-15,24H,8,10,13H2,1-5H3. The lowest BCUT2D eigenvalue weighted by Gasteiger charge is -2.11. The number of fused-ring (bicyclic) bond motifs is 1. The molecule has 150 valence electrons. The van der Waals surface area contributed by atoms with E-state index in [9.17, 15) is 8.42 Å². The number of benzene rings is 1. The van der Waals surface area contributed by atoms with Gasteiger partial charge in [0.15, 0.2) is 0 Å². The fraction of sp³-hybridized carbons (Fsp3) is 0.409. The zero-order valence-electron chi connectivity index (χ0n) is 17.3. The SMILES string of the molecule is Cc1cc(C)c(S(=O)(=O)NCCc2cn(CC(C)C)c3ncccc23)cc1C. The highest BCUT2D eigenvalue weighted by Crippen LogP contribution is 2.22. The predicted molar refractivity (Wildman–Crippen MR) is 114 cm³/mol. The van der Waals surface area contributed by atoms with Crippen molar-refractivity contribution in [1.29, 1.82) is 0 Å². The molecule has 1 aromatic carbocycles. The van der Waals surface area contributed by atoms with Gasteiger partial charge < -0.3 is 4.57 Å². The van der Waals surface area contributed by atoms with E-state index in [1.807, 2.05) is 32.9 Å². The molecule has 0 spiro atoms. The minimum atomic E-state index is -3.54. The summed E-state index contributed by atoms with van der Waals surface area (Å²) in [4.78, 5) is 4.87. The van der Waals surface area contributed by atoms with Gasteiger partial charge in [-0.3, -0.25) is 0 Å². The Morgan fingerprint density at radius 3 is 2.54 bits per heavy atom. The molecule has 0 radical (unpaired) electrons. The molecule has 0 fully saturated rings. The largest absolute Gasteiger partial charge is 0.332 e. The van der Waals surface area contributed by atoms with Gasteiger partial charge >= 0.3 is 0 Å². The Labute approximate surface area is 167 Å². The van der Waals surface area contributed by atoms with Crippen molar-refractivity contribution >= 4 is 21.1 Å². The lowest BCUT2D eigenvalue weighted by atomic mass is 10.1. The van der Waals surface area contributed by atoms with Crippen LogP contribution in [0.3, 0.4) is 0 Å². The molecule has 1 N–H and O–H groups in total. The van der Waals surface area contributed by atoms with Gasteiger partial charge in [0.05, 0.1) is 4.90 Å². The van der Waals surface area contributed by atoms with Crippen molar-refractivity contribution in [2.45, 2.75) is 52.5 Å². The molecule has 2 heterocycles. The highest BCUT2D eigenvalue weighted by molar-refractivity contribution is 7.89. The first kappa shape index (κ1) is 20.6. The first-order valence-corrected chi connectivity index (χ1v) is 11.2. The number of aromatic nitrogens is 2. The summed E-state index contributed by atoms with van der Waals surface area (Å²) in [5.74, 6) is 0.511. The van der Waals surface area contributed by atoms with Crippen LogP contribution < -0.4 is 4.72 Å². The number of nitrogens with zero attached hydrogens (tertiary/aromatic N) is 2. The summed E-state index contributed by atoms with van der Waals surface area (Å²) in [5, 5.41) is 1.09. The second-order valence-electron chi connectivity index (χ2n) is 7.92. The summed E-state index contributed by atoms with van der Waals surface area (Å²) in [6.07, 6.45) is 4.53. The summed E-state index contributed by atoms with van der Waals surface area (Å²) in [6.45, 7) is 11.4. The van der Waals surface area contributed by atoms with E-state index < -0.39 is 10.0 Å². The average Bonchev–Trinajstić information content (AvgIpc) is 2.95. The molecule has 6 heteroatoms. The van der Waals surface area contributed by atoms with Crippen molar-refractivity contribution in [2.75, 3.05) is 6.54 Å². The van der Waals surface area contributed by atoms with Crippen LogP contribution in [0.1, 0.15) is 36.1 Å². The molecule has 3 rings (SSSR count). The number of nitrogens with one attached hydrogen (secondary N) is 1. The number of pyridine rings is 1. The van der Waals surface area contributed by atoms with Crippen molar-refractivity contribution in [3.63, 3.8) is 0 Å². The molecule has 0 saturated heterocycles. The maximum absolute atomic E-state index is 12.8. The number of hydrogen-bond acceptors (Lipinski definition) is 3. The second-order valence-corrected chi connectivity index (χ2v) is 9.66. The van der Waals surface area contributed by atoms with Gasteiger partial charge in [-0.2, -0.15) is 0 Å². The Morgan fingerprint density at radius 2 is 1.82 bits per heavy atom. The monoisotopic (exact) mass is 399 g/mol. The van der Waals surface area contributed by atoms with Crippen LogP contribution in [-0.2, 0) is 23.0 Å². The summed E-state index contributed by atoms with van der Waals surface area (Å²) >= 11 is 0. The van der Waals surface area contributed by atoms with Crippen molar-refractivity contribution in [3.8, 4) is 0 Å². The number of aryl methyl sites for hydroxylation is 3. The van der Waals surface area contributed by atoms with Gasteiger partial charge in [0.25, 0.3) is 0 Å². The molecule has 2 aromatic heterocycles. The Hall–Kier alpha value is -2.18. The van der Waals surface area contributed by atoms with Crippen LogP contribution in [0.5, 0.6) is 0 Å². The van der Waals surface area contributed by atoms with Crippen LogP contribution in [0.2, 0.25) is 0 Å². The first-order valence-electron chi connectivity index (χ1n) is 9.69. The third-order valence-electron chi connectivity index (χ3n) is 5.05. The molecule has 0 aliphatic carbocycles. The van der Waals surface area contributed by atoms with Crippen LogP contribution in [0.25, 0.3) is 11.0 Å². The molecule has 3 aromatic rings. The zero-order chi connectivity index (χ0) is 20.5. The molecule has 28 heavy (non-hydrogen) atoms. The summed E-state index contributed by atoms with van der Waals surface area (Å²) < 4.78 is 30.5. The number of hydrogen-bond donors (Lipinski definition) is 1. The van der Waals surface area contributed by atoms with Gasteiger partial charge in [0.2, 0.25) is 10.0 Å². The van der Waals surface area contributed by atoms with E-state index in [0.29, 0.717) is 23.8 Å². The van der Waals surface area contributed by atoms with E-state index in [2.05, 4.69) is 40.4 Å². The third-order valence-corrected chi connectivity index (χ3v) is 6.65. The summed E-state index contributed by atoms with van der Waals surface area (Å²) in [6, 6.07) is 7.66. The minimum Gasteiger partial charge on any atom is -0.332 e. The molecule has 5 nitrogen and oxygen atoms in total. The molecule has 0 amide bonds. The highest BCUT2D eigenvalue weighted by atomic mass is 32.2. The fourth-order valence-electron chi connectivity index (χ4n) is 3.55. The molecular weight excluding hydrogens is 370 g/mol. The topological polar surface area (TPSA) is 64.0 Å². The lowest BCUT2D eigenvalue weighted by Crippen LogP contribution is -2.26. The zero-order valence-corrected chi connectivity index (χ0v) is 18.1. The van der Waals surface area contributed by atoms with Crippen molar-refractivity contribution < 1.29 is 8.42 Å². The van der Waals surface area contributed by atoms with Crippen LogP contribution in [0.15, 0.2) is 41.6 Å². The lowest BCUT2D eigenvalue weighted by molar-refractivity contribution is 0.532. The van der Waals surface area contributed by atoms with Gasteiger partial charge in [0.1, 0.15) is 5.65 Å². The number of rotatable bonds is 7. The van der Waals surface area contributed by atoms with E-state index in [0.717, 1.165) is 39.8 Å². The normalized spacial score (nSPS) is 12.2. The van der Waals surface area contributed by atoms with Crippen LogP contribution in [0, 0.1) is 26.7 Å². The summed E-state index contributed by atoms with van der Waals surface area (Å²) in [5.41, 5.74) is 4.92. The molecule has 0 unspecified atom stereocenters. The van der Waals surface area contributed by atoms with Crippen LogP contribution in [0.4, 0.5) is 0 Å². The smallest absolute Gasteiger partial charge is 0.240 e. The third kappa shape index (κ3) is 4.28. The van der Waals surface area contributed by atoms with E-state index in [1.54, 1.807) is 12.3 Å². The molecule has 0 aliphatic heterocycles. The van der Waals surface area contributed by atoms with Gasteiger partial charge in [-0.05, 0) is 73.6 Å². The Balaban J connectivity index is 1.79. The maximum atomic E-state index is 12.8. The Morgan fingerprint density at radius 1 is 1.11 bits per heavy atom. The Kier molecular flexibility index (Phi) is 5.91. The van der Waals surface area contributed by atoms with Crippen LogP contribution >= 0.6 is 0 Å². The van der Waals surface area contributed by atoms with E-state index >= 15 is 0 Å². The quantitative estimate of drug-likeness (QED) is 0.649. The molecule has 0 saturated carbocycles. The van der Waals surface area contributed by atoms with Crippen molar-refractivity contribution in [1.82, 2.24) is 14.3 Å². The van der Waals surface area contributed by atoms with Gasteiger partial charge in [-0.25, -0.2) is 18.1 Å². The average molecular weight is 400 g/mol. The van der Waals surface area contributed by atoms with Crippen molar-refractivity contribution in [3.05, 3.63) is 58.9 Å². The maximum Gasteiger partial charge on any atom is 0.240 e. The van der Waals surface area contributed by atoms with E-state index in [-0.39, 0.29) is 0 Å². The van der Waals surface area contributed by atoms with Crippen molar-refractivity contribution in [2.24, 2.45) is 5.92 Å². The predicted octanol–water partition coefficient (Wildman–Crippen LogP) is 4.14. The van der Waals surface area contributed by atoms with E-state index in [4.69, 9.17) is 0 Å². The second kappa shape index (κ2) is 8.05. The Bertz CT molecular complexity index is 1100. The van der Waals surface area contributed by atoms with Gasteiger partial charge in [0, 0.05) is 30.9 Å². The highest BCUT2D eigenvalue weighted by Gasteiger charge is 2.18. The molecular formula is C22H29N3O2S.